The van der Waals surface area contributed by atoms with E-state index in [0.717, 1.165) is 30.6 Å². The molecule has 1 fully saturated rings. The number of ether oxygens (including phenoxy) is 2. The van der Waals surface area contributed by atoms with Crippen LogP contribution in [0.4, 0.5) is 0 Å². The van der Waals surface area contributed by atoms with E-state index in [4.69, 9.17) is 9.47 Å². The highest BCUT2D eigenvalue weighted by atomic mass is 32.1. The molecule has 0 aromatic carbocycles. The molecule has 4 N–H and O–H groups in total. The molecule has 0 aliphatic carbocycles. The summed E-state index contributed by atoms with van der Waals surface area (Å²) in [7, 11) is 0. The Morgan fingerprint density at radius 3 is 2.81 bits per heavy atom. The second-order valence-electron chi connectivity index (χ2n) is 6.45. The maximum Gasteiger partial charge on any atom is 0.224 e. The fourth-order valence-electron chi connectivity index (χ4n) is 2.91. The van der Waals surface area contributed by atoms with Crippen molar-refractivity contribution in [2.45, 2.75) is 62.7 Å². The van der Waals surface area contributed by atoms with Gasteiger partial charge < -0.3 is 30.1 Å². The zero-order valence-corrected chi connectivity index (χ0v) is 15.6. The van der Waals surface area contributed by atoms with Crippen LogP contribution >= 0.6 is 12.6 Å². The third-order valence-electron chi connectivity index (χ3n) is 4.40. The van der Waals surface area contributed by atoms with Gasteiger partial charge in [0, 0.05) is 31.9 Å². The molecule has 0 radical (unpaired) electrons. The summed E-state index contributed by atoms with van der Waals surface area (Å²) in [6, 6.07) is -0.923. The van der Waals surface area contributed by atoms with Gasteiger partial charge in [-0.15, -0.1) is 0 Å². The smallest absolute Gasteiger partial charge is 0.224 e. The van der Waals surface area contributed by atoms with Crippen molar-refractivity contribution in [3.8, 4) is 0 Å². The number of carbonyl (C=O) groups is 1. The molecular formula is C17H28N2O6S. The summed E-state index contributed by atoms with van der Waals surface area (Å²) in [4.78, 5) is 16.2. The van der Waals surface area contributed by atoms with Gasteiger partial charge >= 0.3 is 0 Å². The summed E-state index contributed by atoms with van der Waals surface area (Å²) in [6.07, 6.45) is 2.29. The van der Waals surface area contributed by atoms with E-state index in [1.807, 2.05) is 0 Å². The van der Waals surface area contributed by atoms with Crippen LogP contribution in [-0.2, 0) is 14.3 Å². The molecule has 3 unspecified atom stereocenters. The number of unbranched alkanes of at least 4 members (excludes halogenated alkanes) is 2. The van der Waals surface area contributed by atoms with E-state index < -0.39 is 37.3 Å². The second kappa shape index (κ2) is 11.0. The molecule has 0 bridgehead atoms. The molecule has 2 aliphatic rings. The second-order valence-corrected chi connectivity index (χ2v) is 6.90. The maximum atomic E-state index is 12.3. The topological polar surface area (TPSA) is 121 Å². The molecule has 2 aliphatic heterocycles. The van der Waals surface area contributed by atoms with Crippen LogP contribution in [0, 0.1) is 0 Å². The monoisotopic (exact) mass is 388 g/mol. The predicted octanol–water partition coefficient (Wildman–Crippen LogP) is -0.225. The van der Waals surface area contributed by atoms with E-state index in [1.54, 1.807) is 12.4 Å². The SMILES string of the molecule is O=C(CC1=CN=CC1)NC1C(OCCCCCS)OC(CO)[C@@H](O)[C@@H]1O. The van der Waals surface area contributed by atoms with Crippen molar-refractivity contribution >= 4 is 24.8 Å². The first kappa shape index (κ1) is 21.3. The molecule has 0 aromatic heterocycles. The normalized spacial score (nSPS) is 31.1. The van der Waals surface area contributed by atoms with Crippen molar-refractivity contribution in [1.29, 1.82) is 0 Å². The Balaban J connectivity index is 1.93. The minimum Gasteiger partial charge on any atom is -0.394 e. The number of hydrogen-bond acceptors (Lipinski definition) is 8. The number of nitrogens with zero attached hydrogens (tertiary/aromatic N) is 1. The fourth-order valence-corrected chi connectivity index (χ4v) is 3.13. The van der Waals surface area contributed by atoms with Crippen molar-refractivity contribution in [1.82, 2.24) is 5.32 Å². The highest BCUT2D eigenvalue weighted by molar-refractivity contribution is 7.80. The lowest BCUT2D eigenvalue weighted by Gasteiger charge is -2.42. The molecule has 148 valence electrons. The van der Waals surface area contributed by atoms with Gasteiger partial charge in [-0.05, 0) is 24.2 Å². The van der Waals surface area contributed by atoms with E-state index in [0.29, 0.717) is 13.0 Å². The number of carbonyl (C=O) groups excluding carboxylic acids is 1. The summed E-state index contributed by atoms with van der Waals surface area (Å²) in [5, 5.41) is 32.5. The Morgan fingerprint density at radius 2 is 2.15 bits per heavy atom. The molecule has 2 heterocycles. The number of rotatable bonds is 10. The number of thiol groups is 1. The zero-order chi connectivity index (χ0) is 18.9. The van der Waals surface area contributed by atoms with Crippen molar-refractivity contribution in [2.75, 3.05) is 19.0 Å². The maximum absolute atomic E-state index is 12.3. The average Bonchev–Trinajstić information content (AvgIpc) is 3.13. The van der Waals surface area contributed by atoms with Gasteiger partial charge in [0.05, 0.1) is 6.61 Å². The largest absolute Gasteiger partial charge is 0.394 e. The van der Waals surface area contributed by atoms with Gasteiger partial charge in [0.2, 0.25) is 5.91 Å². The molecule has 5 atom stereocenters. The first-order valence-corrected chi connectivity index (χ1v) is 9.54. The summed E-state index contributed by atoms with van der Waals surface area (Å²) in [5.74, 6) is 0.489. The highest BCUT2D eigenvalue weighted by Crippen LogP contribution is 2.23. The van der Waals surface area contributed by atoms with Gasteiger partial charge in [0.25, 0.3) is 0 Å². The first-order valence-electron chi connectivity index (χ1n) is 8.90. The van der Waals surface area contributed by atoms with Gasteiger partial charge in [-0.3, -0.25) is 9.79 Å². The molecule has 0 saturated carbocycles. The van der Waals surface area contributed by atoms with Crippen LogP contribution in [0.1, 0.15) is 32.1 Å². The number of nitrogens with one attached hydrogen (secondary N) is 1. The third kappa shape index (κ3) is 6.04. The Hall–Kier alpha value is -0.970. The predicted molar refractivity (Wildman–Crippen MR) is 99.2 cm³/mol. The molecule has 26 heavy (non-hydrogen) atoms. The lowest BCUT2D eigenvalue weighted by Crippen LogP contribution is -2.64. The van der Waals surface area contributed by atoms with E-state index in [-0.39, 0.29) is 12.3 Å². The summed E-state index contributed by atoms with van der Waals surface area (Å²) < 4.78 is 11.2. The number of aliphatic hydroxyl groups excluding tert-OH is 3. The Morgan fingerprint density at radius 1 is 1.35 bits per heavy atom. The van der Waals surface area contributed by atoms with Crippen molar-refractivity contribution in [3.05, 3.63) is 11.8 Å². The standard InChI is InChI=1S/C17H28N2O6S/c20-10-12-15(22)16(23)14(17(25-12)24-6-2-1-3-7-26)19-13(21)8-11-4-5-18-9-11/h5,9,12,14-17,20,22-23,26H,1-4,6-8,10H2,(H,19,21)/t12?,14?,15-,16-,17?/m1/s1. The van der Waals surface area contributed by atoms with Crippen LogP contribution in [0.25, 0.3) is 0 Å². The first-order chi connectivity index (χ1) is 12.6. The fraction of sp³-hybridized carbons (Fsp3) is 0.765. The number of aliphatic hydroxyl groups is 3. The highest BCUT2D eigenvalue weighted by Gasteiger charge is 2.45. The lowest BCUT2D eigenvalue weighted by molar-refractivity contribution is -0.270. The van der Waals surface area contributed by atoms with E-state index >= 15 is 0 Å². The van der Waals surface area contributed by atoms with Crippen LogP contribution < -0.4 is 5.32 Å². The molecule has 2 rings (SSSR count). The Labute approximate surface area is 158 Å². The van der Waals surface area contributed by atoms with Gasteiger partial charge in [-0.25, -0.2) is 0 Å². The summed E-state index contributed by atoms with van der Waals surface area (Å²) in [5.41, 5.74) is 0.867. The summed E-state index contributed by atoms with van der Waals surface area (Å²) in [6.45, 7) is -0.0760. The van der Waals surface area contributed by atoms with Crippen molar-refractivity contribution in [2.24, 2.45) is 4.99 Å². The van der Waals surface area contributed by atoms with Gasteiger partial charge in [0.1, 0.15) is 24.4 Å². The molecule has 8 nitrogen and oxygen atoms in total. The minimum absolute atomic E-state index is 0.150. The average molecular weight is 388 g/mol. The lowest BCUT2D eigenvalue weighted by atomic mass is 9.96. The molecule has 0 aromatic rings. The molecule has 0 spiro atoms. The van der Waals surface area contributed by atoms with Crippen molar-refractivity contribution < 1.29 is 29.6 Å². The number of aliphatic imine (C=N–C) groups is 1. The van der Waals surface area contributed by atoms with Crippen LogP contribution in [0.3, 0.4) is 0 Å². The van der Waals surface area contributed by atoms with Crippen LogP contribution in [0.2, 0.25) is 0 Å². The van der Waals surface area contributed by atoms with Crippen molar-refractivity contribution in [3.63, 3.8) is 0 Å². The van der Waals surface area contributed by atoms with Gasteiger partial charge in [0.15, 0.2) is 6.29 Å². The molecular weight excluding hydrogens is 360 g/mol. The molecule has 9 heteroatoms. The van der Waals surface area contributed by atoms with Gasteiger partial charge in [-0.2, -0.15) is 12.6 Å². The molecule has 1 saturated heterocycles. The molecule has 1 amide bonds. The quantitative estimate of drug-likeness (QED) is 0.261. The van der Waals surface area contributed by atoms with Crippen LogP contribution in [0.15, 0.2) is 16.8 Å². The van der Waals surface area contributed by atoms with Crippen LogP contribution in [0.5, 0.6) is 0 Å². The number of amides is 1. The van der Waals surface area contributed by atoms with E-state index in [1.165, 1.54) is 0 Å². The van der Waals surface area contributed by atoms with Crippen LogP contribution in [-0.4, -0.2) is 77.1 Å². The van der Waals surface area contributed by atoms with E-state index in [9.17, 15) is 20.1 Å². The Bertz CT molecular complexity index is 515. The summed E-state index contributed by atoms with van der Waals surface area (Å²) >= 11 is 4.15. The zero-order valence-electron chi connectivity index (χ0n) is 14.7. The van der Waals surface area contributed by atoms with Gasteiger partial charge in [-0.1, -0.05) is 6.42 Å². The third-order valence-corrected chi connectivity index (χ3v) is 4.71. The van der Waals surface area contributed by atoms with E-state index in [2.05, 4.69) is 22.9 Å². The number of hydrogen-bond donors (Lipinski definition) is 5. The minimum atomic E-state index is -1.32. The Kier molecular flexibility index (Phi) is 9.03.